The molecule has 0 unspecified atom stereocenters. The Kier molecular flexibility index (Phi) is 6.76. The molecule has 0 spiro atoms. The summed E-state index contributed by atoms with van der Waals surface area (Å²) in [5.74, 6) is -0.638. The molecule has 0 heterocycles. The first kappa shape index (κ1) is 21.8. The predicted molar refractivity (Wildman–Crippen MR) is 110 cm³/mol. The highest BCUT2D eigenvalue weighted by molar-refractivity contribution is 7.90. The van der Waals surface area contributed by atoms with E-state index in [0.717, 1.165) is 6.26 Å². The zero-order chi connectivity index (χ0) is 20.9. The Morgan fingerprint density at radius 3 is 2.29 bits per heavy atom. The fourth-order valence-corrected chi connectivity index (χ4v) is 4.17. The quantitative estimate of drug-likeness (QED) is 0.634. The molecule has 0 aliphatic carbocycles. The Balaban J connectivity index is 2.14. The molecule has 2 N–H and O–H groups in total. The SMILES string of the molecule is C=CCNS(=O)(=O)Cc1ccc(NC(=O)c2cc(S(C)(=O)=O)ccc2C)cc1. The molecular formula is C19H22N2O5S2. The lowest BCUT2D eigenvalue weighted by Gasteiger charge is -2.10. The van der Waals surface area contributed by atoms with Crippen molar-refractivity contribution in [2.24, 2.45) is 0 Å². The number of nitrogens with one attached hydrogen (secondary N) is 2. The van der Waals surface area contributed by atoms with Gasteiger partial charge >= 0.3 is 0 Å². The second kappa shape index (κ2) is 8.68. The number of rotatable bonds is 8. The normalized spacial score (nSPS) is 11.8. The summed E-state index contributed by atoms with van der Waals surface area (Å²) in [7, 11) is -6.89. The molecule has 2 aromatic carbocycles. The fraction of sp³-hybridized carbons (Fsp3) is 0.211. The summed E-state index contributed by atoms with van der Waals surface area (Å²) in [6.45, 7) is 5.33. The van der Waals surface area contributed by atoms with Gasteiger partial charge in [0.2, 0.25) is 10.0 Å². The number of sulfonamides is 1. The van der Waals surface area contributed by atoms with Crippen LogP contribution in [-0.4, -0.2) is 35.5 Å². The smallest absolute Gasteiger partial charge is 0.255 e. The number of hydrogen-bond donors (Lipinski definition) is 2. The second-order valence-corrected chi connectivity index (χ2v) is 10.1. The van der Waals surface area contributed by atoms with Gasteiger partial charge < -0.3 is 5.32 Å². The number of amides is 1. The Bertz CT molecular complexity index is 1090. The molecule has 0 aliphatic rings. The lowest BCUT2D eigenvalue weighted by atomic mass is 10.1. The average molecular weight is 423 g/mol. The Labute approximate surface area is 165 Å². The molecule has 0 aliphatic heterocycles. The molecule has 1 amide bonds. The Hall–Kier alpha value is -2.49. The maximum Gasteiger partial charge on any atom is 0.255 e. The minimum atomic E-state index is -3.47. The van der Waals surface area contributed by atoms with Gasteiger partial charge in [-0.2, -0.15) is 0 Å². The van der Waals surface area contributed by atoms with Crippen LogP contribution < -0.4 is 10.0 Å². The van der Waals surface area contributed by atoms with E-state index >= 15 is 0 Å². The van der Waals surface area contributed by atoms with E-state index in [1.165, 1.54) is 18.2 Å². The van der Waals surface area contributed by atoms with Crippen LogP contribution in [0.25, 0.3) is 0 Å². The summed E-state index contributed by atoms with van der Waals surface area (Å²) in [6.07, 6.45) is 2.53. The number of carbonyl (C=O) groups excluding carboxylic acids is 1. The van der Waals surface area contributed by atoms with Crippen molar-refractivity contribution in [1.82, 2.24) is 4.72 Å². The van der Waals surface area contributed by atoms with Gasteiger partial charge in [0, 0.05) is 24.1 Å². The molecule has 0 aromatic heterocycles. The van der Waals surface area contributed by atoms with Crippen LogP contribution in [0.15, 0.2) is 60.0 Å². The molecule has 0 bridgehead atoms. The molecule has 0 radical (unpaired) electrons. The van der Waals surface area contributed by atoms with Crippen LogP contribution in [0, 0.1) is 6.92 Å². The number of benzene rings is 2. The van der Waals surface area contributed by atoms with E-state index in [-0.39, 0.29) is 22.8 Å². The summed E-state index contributed by atoms with van der Waals surface area (Å²) in [4.78, 5) is 12.6. The van der Waals surface area contributed by atoms with Crippen molar-refractivity contribution in [2.75, 3.05) is 18.1 Å². The molecule has 0 atom stereocenters. The molecule has 2 aromatic rings. The number of hydrogen-bond acceptors (Lipinski definition) is 5. The molecular weight excluding hydrogens is 400 g/mol. The summed E-state index contributed by atoms with van der Waals surface area (Å²) >= 11 is 0. The third-order valence-electron chi connectivity index (χ3n) is 3.90. The van der Waals surface area contributed by atoms with Crippen LogP contribution in [0.3, 0.4) is 0 Å². The fourth-order valence-electron chi connectivity index (χ4n) is 2.42. The minimum Gasteiger partial charge on any atom is -0.322 e. The summed E-state index contributed by atoms with van der Waals surface area (Å²) in [5.41, 5.74) is 1.92. The molecule has 0 saturated carbocycles. The van der Waals surface area contributed by atoms with Gasteiger partial charge in [-0.3, -0.25) is 4.79 Å². The van der Waals surface area contributed by atoms with Gasteiger partial charge in [-0.15, -0.1) is 6.58 Å². The molecule has 150 valence electrons. The first-order chi connectivity index (χ1) is 13.0. The topological polar surface area (TPSA) is 109 Å². The Morgan fingerprint density at radius 1 is 1.07 bits per heavy atom. The lowest BCUT2D eigenvalue weighted by molar-refractivity contribution is 0.102. The highest BCUT2D eigenvalue weighted by Crippen LogP contribution is 2.18. The lowest BCUT2D eigenvalue weighted by Crippen LogP contribution is -2.25. The van der Waals surface area contributed by atoms with E-state index in [4.69, 9.17) is 0 Å². The molecule has 28 heavy (non-hydrogen) atoms. The second-order valence-electron chi connectivity index (χ2n) is 6.30. The van der Waals surface area contributed by atoms with Gasteiger partial charge in [-0.05, 0) is 42.3 Å². The summed E-state index contributed by atoms with van der Waals surface area (Å²) < 4.78 is 49.5. The van der Waals surface area contributed by atoms with Gasteiger partial charge in [0.1, 0.15) is 0 Å². The predicted octanol–water partition coefficient (Wildman–Crippen LogP) is 2.26. The number of aryl methyl sites for hydroxylation is 1. The van der Waals surface area contributed by atoms with E-state index in [9.17, 15) is 21.6 Å². The average Bonchev–Trinajstić information content (AvgIpc) is 2.60. The van der Waals surface area contributed by atoms with E-state index in [0.29, 0.717) is 16.8 Å². The van der Waals surface area contributed by atoms with Gasteiger partial charge in [0.15, 0.2) is 9.84 Å². The third kappa shape index (κ3) is 6.01. The zero-order valence-corrected chi connectivity index (χ0v) is 17.2. The van der Waals surface area contributed by atoms with E-state index < -0.39 is 25.8 Å². The van der Waals surface area contributed by atoms with Gasteiger partial charge in [-0.25, -0.2) is 21.6 Å². The van der Waals surface area contributed by atoms with Crippen LogP contribution >= 0.6 is 0 Å². The first-order valence-electron chi connectivity index (χ1n) is 8.31. The summed E-state index contributed by atoms with van der Waals surface area (Å²) in [6, 6.07) is 10.8. The molecule has 2 rings (SSSR count). The highest BCUT2D eigenvalue weighted by Gasteiger charge is 2.15. The number of sulfone groups is 1. The van der Waals surface area contributed by atoms with Crippen molar-refractivity contribution >= 4 is 31.5 Å². The van der Waals surface area contributed by atoms with Crippen LogP contribution in [0.1, 0.15) is 21.5 Å². The molecule has 0 fully saturated rings. The van der Waals surface area contributed by atoms with Crippen molar-refractivity contribution in [1.29, 1.82) is 0 Å². The largest absolute Gasteiger partial charge is 0.322 e. The Morgan fingerprint density at radius 2 is 1.71 bits per heavy atom. The number of carbonyl (C=O) groups is 1. The van der Waals surface area contributed by atoms with E-state index in [1.54, 1.807) is 37.3 Å². The van der Waals surface area contributed by atoms with Crippen LogP contribution in [0.5, 0.6) is 0 Å². The number of anilines is 1. The van der Waals surface area contributed by atoms with Crippen molar-refractivity contribution in [3.05, 3.63) is 71.8 Å². The minimum absolute atomic E-state index is 0.0656. The van der Waals surface area contributed by atoms with E-state index in [1.807, 2.05) is 0 Å². The maximum atomic E-state index is 12.5. The maximum absolute atomic E-state index is 12.5. The van der Waals surface area contributed by atoms with Crippen molar-refractivity contribution < 1.29 is 21.6 Å². The highest BCUT2D eigenvalue weighted by atomic mass is 32.2. The van der Waals surface area contributed by atoms with Crippen LogP contribution in [0.2, 0.25) is 0 Å². The monoisotopic (exact) mass is 422 g/mol. The van der Waals surface area contributed by atoms with Crippen molar-refractivity contribution in [3.63, 3.8) is 0 Å². The van der Waals surface area contributed by atoms with Crippen LogP contribution in [-0.2, 0) is 25.6 Å². The standard InChI is InChI=1S/C19H22N2O5S2/c1-4-11-20-28(25,26)13-15-6-8-16(9-7-15)21-19(22)18-12-17(27(3,23)24)10-5-14(18)2/h4-10,12,20H,1,11,13H2,2-3H3,(H,21,22). The third-order valence-corrected chi connectivity index (χ3v) is 6.33. The molecule has 7 nitrogen and oxygen atoms in total. The van der Waals surface area contributed by atoms with Crippen molar-refractivity contribution in [3.8, 4) is 0 Å². The van der Waals surface area contributed by atoms with E-state index in [2.05, 4.69) is 16.6 Å². The first-order valence-corrected chi connectivity index (χ1v) is 11.9. The van der Waals surface area contributed by atoms with Gasteiger partial charge in [0.05, 0.1) is 10.6 Å². The van der Waals surface area contributed by atoms with Crippen molar-refractivity contribution in [2.45, 2.75) is 17.6 Å². The molecule has 0 saturated heterocycles. The molecule has 9 heteroatoms. The van der Waals surface area contributed by atoms with Gasteiger partial charge in [-0.1, -0.05) is 24.3 Å². The zero-order valence-electron chi connectivity index (χ0n) is 15.6. The van der Waals surface area contributed by atoms with Crippen LogP contribution in [0.4, 0.5) is 5.69 Å². The van der Waals surface area contributed by atoms with Gasteiger partial charge in [0.25, 0.3) is 5.91 Å². The summed E-state index contributed by atoms with van der Waals surface area (Å²) in [5, 5.41) is 2.69.